The maximum absolute atomic E-state index is 8.90. The van der Waals surface area contributed by atoms with Crippen molar-refractivity contribution in [3.63, 3.8) is 0 Å². The number of nitrogens with two attached hydrogens (primary N) is 1. The molecule has 0 spiro atoms. The number of nitrogen functional groups attached to an aromatic ring is 1. The number of aryl methyl sites for hydroxylation is 1. The fourth-order valence-corrected chi connectivity index (χ4v) is 2.00. The first-order valence-corrected chi connectivity index (χ1v) is 6.31. The minimum Gasteiger partial charge on any atom is -0.495 e. The number of ether oxygens (including phenoxy) is 1. The van der Waals surface area contributed by atoms with Crippen molar-refractivity contribution in [2.45, 2.75) is 13.5 Å². The third-order valence-electron chi connectivity index (χ3n) is 3.14. The molecule has 0 unspecified atom stereocenters. The van der Waals surface area contributed by atoms with E-state index >= 15 is 0 Å². The average molecular weight is 267 g/mol. The number of methoxy groups -OCH3 is 1. The van der Waals surface area contributed by atoms with Gasteiger partial charge in [-0.2, -0.15) is 5.26 Å². The van der Waals surface area contributed by atoms with Crippen molar-refractivity contribution in [2.75, 3.05) is 18.2 Å². The van der Waals surface area contributed by atoms with Gasteiger partial charge in [-0.15, -0.1) is 0 Å². The predicted octanol–water partition coefficient (Wildman–Crippen LogP) is 3.07. The van der Waals surface area contributed by atoms with Crippen LogP contribution in [0.2, 0.25) is 0 Å². The molecular formula is C16H17N3O. The minimum atomic E-state index is 0.628. The molecule has 0 aliphatic carbocycles. The highest BCUT2D eigenvalue weighted by molar-refractivity contribution is 5.56. The van der Waals surface area contributed by atoms with Gasteiger partial charge in [0.05, 0.1) is 24.4 Å². The molecular weight excluding hydrogens is 250 g/mol. The third kappa shape index (κ3) is 3.01. The summed E-state index contributed by atoms with van der Waals surface area (Å²) in [7, 11) is 1.60. The predicted molar refractivity (Wildman–Crippen MR) is 80.6 cm³/mol. The molecule has 4 nitrogen and oxygen atoms in total. The van der Waals surface area contributed by atoms with Crippen LogP contribution in [0.3, 0.4) is 0 Å². The van der Waals surface area contributed by atoms with Crippen molar-refractivity contribution < 1.29 is 4.74 Å². The highest BCUT2D eigenvalue weighted by atomic mass is 16.5. The number of anilines is 2. The van der Waals surface area contributed by atoms with E-state index in [0.717, 1.165) is 16.8 Å². The lowest BCUT2D eigenvalue weighted by atomic mass is 10.1. The smallest absolute Gasteiger partial charge is 0.141 e. The Morgan fingerprint density at radius 2 is 2.05 bits per heavy atom. The van der Waals surface area contributed by atoms with E-state index in [-0.39, 0.29) is 0 Å². The SMILES string of the molecule is COc1ccc(CNc2ccc(C#N)c(C)c2)cc1N. The molecule has 0 bridgehead atoms. The summed E-state index contributed by atoms with van der Waals surface area (Å²) < 4.78 is 5.13. The Morgan fingerprint density at radius 1 is 1.25 bits per heavy atom. The van der Waals surface area contributed by atoms with Gasteiger partial charge in [0.2, 0.25) is 0 Å². The van der Waals surface area contributed by atoms with Gasteiger partial charge < -0.3 is 15.8 Å². The molecule has 0 aliphatic rings. The van der Waals surface area contributed by atoms with Crippen molar-refractivity contribution in [1.29, 1.82) is 5.26 Å². The fraction of sp³-hybridized carbons (Fsp3) is 0.188. The molecule has 2 aromatic rings. The van der Waals surface area contributed by atoms with E-state index in [1.807, 2.05) is 43.3 Å². The van der Waals surface area contributed by atoms with Crippen molar-refractivity contribution in [3.05, 3.63) is 53.1 Å². The first kappa shape index (κ1) is 13.8. The normalized spacial score (nSPS) is 9.85. The van der Waals surface area contributed by atoms with Crippen LogP contribution in [-0.4, -0.2) is 7.11 Å². The molecule has 20 heavy (non-hydrogen) atoms. The van der Waals surface area contributed by atoms with Crippen LogP contribution in [0.15, 0.2) is 36.4 Å². The van der Waals surface area contributed by atoms with Gasteiger partial charge in [-0.05, 0) is 48.4 Å². The van der Waals surface area contributed by atoms with Crippen molar-refractivity contribution in [3.8, 4) is 11.8 Å². The standard InChI is InChI=1S/C16H17N3O/c1-11-7-14(5-4-13(11)9-17)19-10-12-3-6-16(20-2)15(18)8-12/h3-8,19H,10,18H2,1-2H3. The van der Waals surface area contributed by atoms with Crippen LogP contribution in [0.5, 0.6) is 5.75 Å². The molecule has 0 saturated heterocycles. The molecule has 0 aromatic heterocycles. The summed E-state index contributed by atoms with van der Waals surface area (Å²) in [5.41, 5.74) is 10.2. The molecule has 4 heteroatoms. The lowest BCUT2D eigenvalue weighted by molar-refractivity contribution is 0.417. The number of hydrogen-bond acceptors (Lipinski definition) is 4. The molecule has 0 saturated carbocycles. The molecule has 0 amide bonds. The van der Waals surface area contributed by atoms with Crippen molar-refractivity contribution in [1.82, 2.24) is 0 Å². The molecule has 3 N–H and O–H groups in total. The monoisotopic (exact) mass is 267 g/mol. The van der Waals surface area contributed by atoms with Crippen LogP contribution in [-0.2, 0) is 6.54 Å². The van der Waals surface area contributed by atoms with E-state index in [1.165, 1.54) is 0 Å². The van der Waals surface area contributed by atoms with Gasteiger partial charge in [-0.1, -0.05) is 6.07 Å². The van der Waals surface area contributed by atoms with Gasteiger partial charge in [0.15, 0.2) is 0 Å². The Balaban J connectivity index is 2.07. The summed E-state index contributed by atoms with van der Waals surface area (Å²) in [6.45, 7) is 2.59. The zero-order valence-electron chi connectivity index (χ0n) is 11.6. The quantitative estimate of drug-likeness (QED) is 0.835. The summed E-state index contributed by atoms with van der Waals surface area (Å²) in [5.74, 6) is 0.683. The second kappa shape index (κ2) is 5.98. The average Bonchev–Trinajstić information content (AvgIpc) is 2.45. The van der Waals surface area contributed by atoms with Gasteiger partial charge in [0.25, 0.3) is 0 Å². The second-order valence-electron chi connectivity index (χ2n) is 4.57. The van der Waals surface area contributed by atoms with E-state index in [4.69, 9.17) is 15.7 Å². The molecule has 0 aliphatic heterocycles. The van der Waals surface area contributed by atoms with Crippen LogP contribution in [0.1, 0.15) is 16.7 Å². The Morgan fingerprint density at radius 3 is 2.65 bits per heavy atom. The third-order valence-corrected chi connectivity index (χ3v) is 3.14. The van der Waals surface area contributed by atoms with Crippen molar-refractivity contribution in [2.24, 2.45) is 0 Å². The van der Waals surface area contributed by atoms with Gasteiger partial charge in [0, 0.05) is 12.2 Å². The zero-order chi connectivity index (χ0) is 14.5. The summed E-state index contributed by atoms with van der Waals surface area (Å²) in [5, 5.41) is 12.2. The maximum atomic E-state index is 8.90. The lowest BCUT2D eigenvalue weighted by Gasteiger charge is -2.10. The molecule has 0 radical (unpaired) electrons. The largest absolute Gasteiger partial charge is 0.495 e. The Kier molecular flexibility index (Phi) is 4.11. The van der Waals surface area contributed by atoms with Crippen LogP contribution in [0.4, 0.5) is 11.4 Å². The maximum Gasteiger partial charge on any atom is 0.141 e. The summed E-state index contributed by atoms with van der Waals surface area (Å²) in [6.07, 6.45) is 0. The number of hydrogen-bond donors (Lipinski definition) is 2. The van der Waals surface area contributed by atoms with Crippen LogP contribution < -0.4 is 15.8 Å². The number of nitrogens with one attached hydrogen (secondary N) is 1. The molecule has 102 valence electrons. The highest BCUT2D eigenvalue weighted by Crippen LogP contribution is 2.22. The van der Waals surface area contributed by atoms with Gasteiger partial charge in [-0.25, -0.2) is 0 Å². The molecule has 2 rings (SSSR count). The van der Waals surface area contributed by atoms with E-state index in [9.17, 15) is 0 Å². The van der Waals surface area contributed by atoms with E-state index in [2.05, 4.69) is 11.4 Å². The second-order valence-corrected chi connectivity index (χ2v) is 4.57. The topological polar surface area (TPSA) is 71.1 Å². The lowest BCUT2D eigenvalue weighted by Crippen LogP contribution is -2.01. The first-order chi connectivity index (χ1) is 9.63. The summed E-state index contributed by atoms with van der Waals surface area (Å²) in [6, 6.07) is 13.6. The summed E-state index contributed by atoms with van der Waals surface area (Å²) in [4.78, 5) is 0. The number of rotatable bonds is 4. The first-order valence-electron chi connectivity index (χ1n) is 6.31. The number of nitrogens with zero attached hydrogens (tertiary/aromatic N) is 1. The molecule has 0 atom stereocenters. The highest BCUT2D eigenvalue weighted by Gasteiger charge is 2.02. The zero-order valence-corrected chi connectivity index (χ0v) is 11.6. The number of benzene rings is 2. The summed E-state index contributed by atoms with van der Waals surface area (Å²) >= 11 is 0. The van der Waals surface area contributed by atoms with Crippen molar-refractivity contribution >= 4 is 11.4 Å². The number of nitriles is 1. The Bertz CT molecular complexity index is 659. The van der Waals surface area contributed by atoms with Crippen LogP contribution in [0.25, 0.3) is 0 Å². The van der Waals surface area contributed by atoms with E-state index in [1.54, 1.807) is 7.11 Å². The molecule has 2 aromatic carbocycles. The van der Waals surface area contributed by atoms with Gasteiger partial charge >= 0.3 is 0 Å². The van der Waals surface area contributed by atoms with Gasteiger partial charge in [-0.3, -0.25) is 0 Å². The molecule has 0 heterocycles. The van der Waals surface area contributed by atoms with Crippen LogP contribution in [0, 0.1) is 18.3 Å². The fourth-order valence-electron chi connectivity index (χ4n) is 2.00. The molecule has 0 fully saturated rings. The minimum absolute atomic E-state index is 0.628. The Labute approximate surface area is 118 Å². The van der Waals surface area contributed by atoms with Gasteiger partial charge in [0.1, 0.15) is 5.75 Å². The van der Waals surface area contributed by atoms with E-state index in [0.29, 0.717) is 23.5 Å². The van der Waals surface area contributed by atoms with Crippen LogP contribution >= 0.6 is 0 Å². The Hall–Kier alpha value is -2.67. The van der Waals surface area contributed by atoms with E-state index < -0.39 is 0 Å².